The average Bonchev–Trinajstić information content (AvgIpc) is 2.78. The lowest BCUT2D eigenvalue weighted by Gasteiger charge is -2.08. The number of nitrogens with zero attached hydrogens (tertiary/aromatic N) is 2. The molecule has 0 spiro atoms. The summed E-state index contributed by atoms with van der Waals surface area (Å²) in [5.74, 6) is 0. The molecule has 1 aliphatic carbocycles. The van der Waals surface area contributed by atoms with Gasteiger partial charge in [0.2, 0.25) is 0 Å². The van der Waals surface area contributed by atoms with Gasteiger partial charge in [0.15, 0.2) is 0 Å². The Balaban J connectivity index is 2.28. The largest absolute Gasteiger partial charge is 0.390 e. The van der Waals surface area contributed by atoms with E-state index in [9.17, 15) is 5.11 Å². The summed E-state index contributed by atoms with van der Waals surface area (Å²) < 4.78 is 0. The minimum Gasteiger partial charge on any atom is -0.390 e. The van der Waals surface area contributed by atoms with Gasteiger partial charge in [-0.25, -0.2) is 9.97 Å². The van der Waals surface area contributed by atoms with Crippen molar-refractivity contribution < 1.29 is 5.11 Å². The summed E-state index contributed by atoms with van der Waals surface area (Å²) in [7, 11) is 0. The van der Waals surface area contributed by atoms with E-state index in [4.69, 9.17) is 23.2 Å². The first kappa shape index (κ1) is 9.19. The summed E-state index contributed by atoms with van der Waals surface area (Å²) in [5, 5.41) is 10.3. The van der Waals surface area contributed by atoms with Gasteiger partial charge < -0.3 is 5.11 Å². The number of aromatic nitrogens is 2. The maximum atomic E-state index is 9.66. The van der Waals surface area contributed by atoms with Gasteiger partial charge in [-0.3, -0.25) is 0 Å². The van der Waals surface area contributed by atoms with Crippen LogP contribution in [0.2, 0.25) is 10.3 Å². The second-order valence-electron chi connectivity index (χ2n) is 3.33. The van der Waals surface area contributed by atoms with E-state index in [1.54, 1.807) is 0 Å². The Morgan fingerprint density at radius 2 is 1.85 bits per heavy atom. The van der Waals surface area contributed by atoms with Crippen molar-refractivity contribution in [1.82, 2.24) is 9.97 Å². The molecule has 0 aliphatic heterocycles. The molecule has 1 aromatic rings. The van der Waals surface area contributed by atoms with Crippen molar-refractivity contribution in [1.29, 1.82) is 0 Å². The van der Waals surface area contributed by atoms with Crippen molar-refractivity contribution in [3.63, 3.8) is 0 Å². The first-order valence-electron chi connectivity index (χ1n) is 3.98. The van der Waals surface area contributed by atoms with Crippen molar-refractivity contribution in [2.75, 3.05) is 0 Å². The second-order valence-corrected chi connectivity index (χ2v) is 4.05. The summed E-state index contributed by atoms with van der Waals surface area (Å²) in [4.78, 5) is 7.62. The third-order valence-corrected chi connectivity index (χ3v) is 2.82. The molecule has 3 nitrogen and oxygen atoms in total. The molecule has 1 saturated carbocycles. The monoisotopic (exact) mass is 218 g/mol. The molecule has 1 fully saturated rings. The summed E-state index contributed by atoms with van der Waals surface area (Å²) in [5.41, 5.74) is 0.0312. The van der Waals surface area contributed by atoms with Crippen LogP contribution in [-0.2, 0) is 6.42 Å². The molecule has 70 valence electrons. The zero-order valence-electron chi connectivity index (χ0n) is 6.80. The van der Waals surface area contributed by atoms with Gasteiger partial charge in [-0.1, -0.05) is 23.2 Å². The van der Waals surface area contributed by atoms with Gasteiger partial charge in [-0.05, 0) is 12.8 Å². The van der Waals surface area contributed by atoms with Crippen molar-refractivity contribution in [3.05, 3.63) is 22.2 Å². The fourth-order valence-corrected chi connectivity index (χ4v) is 1.62. The predicted octanol–water partition coefficient (Wildman–Crippen LogP) is 1.85. The Morgan fingerprint density at radius 3 is 2.31 bits per heavy atom. The van der Waals surface area contributed by atoms with E-state index in [1.165, 1.54) is 6.33 Å². The van der Waals surface area contributed by atoms with E-state index in [-0.39, 0.29) is 0 Å². The third kappa shape index (κ3) is 1.93. The molecule has 2 rings (SSSR count). The fraction of sp³-hybridized carbons (Fsp3) is 0.500. The number of rotatable bonds is 2. The van der Waals surface area contributed by atoms with Gasteiger partial charge in [-0.15, -0.1) is 0 Å². The smallest absolute Gasteiger partial charge is 0.137 e. The van der Waals surface area contributed by atoms with Crippen molar-refractivity contribution in [3.8, 4) is 0 Å². The highest BCUT2D eigenvalue weighted by atomic mass is 35.5. The van der Waals surface area contributed by atoms with E-state index in [0.717, 1.165) is 12.8 Å². The standard InChI is InChI=1S/C8H8Cl2N2O/c9-6-5(3-8(13)1-2-8)7(10)12-4-11-6/h4,13H,1-3H2. The molecule has 1 heterocycles. The highest BCUT2D eigenvalue weighted by molar-refractivity contribution is 6.34. The van der Waals surface area contributed by atoms with Gasteiger partial charge in [-0.2, -0.15) is 0 Å². The van der Waals surface area contributed by atoms with Gasteiger partial charge in [0, 0.05) is 12.0 Å². The summed E-state index contributed by atoms with van der Waals surface area (Å²) in [6.07, 6.45) is 3.36. The molecule has 1 N–H and O–H groups in total. The first-order chi connectivity index (χ1) is 6.11. The number of aliphatic hydroxyl groups is 1. The van der Waals surface area contributed by atoms with Crippen molar-refractivity contribution in [2.45, 2.75) is 24.9 Å². The molecule has 0 amide bonds. The van der Waals surface area contributed by atoms with E-state index < -0.39 is 5.60 Å². The Labute approximate surface area is 85.7 Å². The Kier molecular flexibility index (Phi) is 2.18. The minimum atomic E-state index is -0.613. The van der Waals surface area contributed by atoms with Crippen molar-refractivity contribution in [2.24, 2.45) is 0 Å². The van der Waals surface area contributed by atoms with Crippen LogP contribution in [0, 0.1) is 0 Å². The lowest BCUT2D eigenvalue weighted by atomic mass is 10.1. The maximum absolute atomic E-state index is 9.66. The highest BCUT2D eigenvalue weighted by Crippen LogP contribution is 2.40. The average molecular weight is 219 g/mol. The molecule has 1 aromatic heterocycles. The third-order valence-electron chi connectivity index (χ3n) is 2.17. The fourth-order valence-electron chi connectivity index (χ4n) is 1.17. The van der Waals surface area contributed by atoms with Gasteiger partial charge in [0.1, 0.15) is 16.6 Å². The zero-order valence-corrected chi connectivity index (χ0v) is 8.31. The first-order valence-corrected chi connectivity index (χ1v) is 4.74. The van der Waals surface area contributed by atoms with Crippen molar-refractivity contribution >= 4 is 23.2 Å². The van der Waals surface area contributed by atoms with Crippen LogP contribution in [0.1, 0.15) is 18.4 Å². The quantitative estimate of drug-likeness (QED) is 0.772. The van der Waals surface area contributed by atoms with E-state index in [0.29, 0.717) is 22.3 Å². The molecular formula is C8H8Cl2N2O. The van der Waals surface area contributed by atoms with Crippen LogP contribution in [-0.4, -0.2) is 20.7 Å². The Morgan fingerprint density at radius 1 is 1.31 bits per heavy atom. The summed E-state index contributed by atoms with van der Waals surface area (Å²) in [6.45, 7) is 0. The molecule has 0 unspecified atom stereocenters. The van der Waals surface area contributed by atoms with Crippen LogP contribution in [0.15, 0.2) is 6.33 Å². The predicted molar refractivity (Wildman–Crippen MR) is 49.9 cm³/mol. The van der Waals surface area contributed by atoms with Gasteiger partial charge in [0.05, 0.1) is 5.60 Å². The number of hydrogen-bond donors (Lipinski definition) is 1. The summed E-state index contributed by atoms with van der Waals surface area (Å²) in [6, 6.07) is 0. The molecule has 5 heteroatoms. The molecule has 0 saturated heterocycles. The highest BCUT2D eigenvalue weighted by Gasteiger charge is 2.41. The number of halogens is 2. The van der Waals surface area contributed by atoms with Gasteiger partial charge in [0.25, 0.3) is 0 Å². The molecule has 13 heavy (non-hydrogen) atoms. The molecule has 0 radical (unpaired) electrons. The van der Waals surface area contributed by atoms with Crippen LogP contribution in [0.5, 0.6) is 0 Å². The lowest BCUT2D eigenvalue weighted by Crippen LogP contribution is -2.12. The zero-order chi connectivity index (χ0) is 9.47. The molecule has 1 aliphatic rings. The summed E-state index contributed by atoms with van der Waals surface area (Å²) >= 11 is 11.6. The van der Waals surface area contributed by atoms with Crippen LogP contribution in [0.25, 0.3) is 0 Å². The topological polar surface area (TPSA) is 46.0 Å². The van der Waals surface area contributed by atoms with Crippen LogP contribution >= 0.6 is 23.2 Å². The van der Waals surface area contributed by atoms with E-state index in [2.05, 4.69) is 9.97 Å². The molecule has 0 aromatic carbocycles. The lowest BCUT2D eigenvalue weighted by molar-refractivity contribution is 0.151. The Hall–Kier alpha value is -0.380. The van der Waals surface area contributed by atoms with Crippen LogP contribution in [0.4, 0.5) is 0 Å². The SMILES string of the molecule is OC1(Cc2c(Cl)ncnc2Cl)CC1. The molecule has 0 atom stereocenters. The molecule has 0 bridgehead atoms. The van der Waals surface area contributed by atoms with Crippen LogP contribution in [0.3, 0.4) is 0 Å². The Bertz CT molecular complexity index is 319. The minimum absolute atomic E-state index is 0.334. The maximum Gasteiger partial charge on any atom is 0.137 e. The normalized spacial score (nSPS) is 18.7. The van der Waals surface area contributed by atoms with E-state index in [1.807, 2.05) is 0 Å². The van der Waals surface area contributed by atoms with Crippen LogP contribution < -0.4 is 0 Å². The number of hydrogen-bond acceptors (Lipinski definition) is 3. The van der Waals surface area contributed by atoms with E-state index >= 15 is 0 Å². The molecular weight excluding hydrogens is 211 g/mol. The van der Waals surface area contributed by atoms with Gasteiger partial charge >= 0.3 is 0 Å². The second kappa shape index (κ2) is 3.08.